The van der Waals surface area contributed by atoms with Crippen molar-refractivity contribution >= 4 is 17.7 Å². The lowest BCUT2D eigenvalue weighted by Crippen LogP contribution is -2.06. The molecule has 0 saturated carbocycles. The highest BCUT2D eigenvalue weighted by Crippen LogP contribution is 2.18. The van der Waals surface area contributed by atoms with Crippen LogP contribution in [0.25, 0.3) is 0 Å². The maximum absolute atomic E-state index is 8.85. The first-order chi connectivity index (χ1) is 7.15. The van der Waals surface area contributed by atoms with Gasteiger partial charge in [-0.15, -0.1) is 0 Å². The number of aliphatic hydroxyl groups excluding tert-OH is 1. The third-order valence-electron chi connectivity index (χ3n) is 1.60. The first-order valence-electron chi connectivity index (χ1n) is 4.45. The van der Waals surface area contributed by atoms with E-state index in [1.165, 1.54) is 18.9 Å². The Morgan fingerprint density at radius 3 is 2.80 bits per heavy atom. The van der Waals surface area contributed by atoms with E-state index < -0.39 is 0 Å². The summed E-state index contributed by atoms with van der Waals surface area (Å²) >= 11 is 1.41. The van der Waals surface area contributed by atoms with Crippen molar-refractivity contribution in [2.45, 2.75) is 12.1 Å². The number of methoxy groups -OCH3 is 1. The number of nitrogens with zero attached hydrogens (tertiary/aromatic N) is 3. The topological polar surface area (TPSA) is 94.2 Å². The van der Waals surface area contributed by atoms with Crippen LogP contribution >= 0.6 is 11.8 Å². The van der Waals surface area contributed by atoms with E-state index in [4.69, 9.17) is 15.6 Å². The van der Waals surface area contributed by atoms with E-state index >= 15 is 0 Å². The summed E-state index contributed by atoms with van der Waals surface area (Å²) in [7, 11) is 1.47. The molecule has 0 bridgehead atoms. The van der Waals surface area contributed by atoms with E-state index in [-0.39, 0.29) is 24.5 Å². The van der Waals surface area contributed by atoms with Gasteiger partial charge in [-0.2, -0.15) is 15.0 Å². The van der Waals surface area contributed by atoms with Gasteiger partial charge in [-0.05, 0) is 5.92 Å². The second kappa shape index (κ2) is 5.72. The molecule has 0 fully saturated rings. The molecular weight excluding hydrogens is 216 g/mol. The smallest absolute Gasteiger partial charge is 0.321 e. The van der Waals surface area contributed by atoms with Crippen molar-refractivity contribution in [1.82, 2.24) is 15.0 Å². The van der Waals surface area contributed by atoms with Crippen LogP contribution in [0.15, 0.2) is 5.16 Å². The van der Waals surface area contributed by atoms with E-state index in [9.17, 15) is 0 Å². The Balaban J connectivity index is 2.64. The van der Waals surface area contributed by atoms with Crippen LogP contribution in [0.4, 0.5) is 5.95 Å². The van der Waals surface area contributed by atoms with Crippen molar-refractivity contribution in [2.24, 2.45) is 5.92 Å². The van der Waals surface area contributed by atoms with Crippen LogP contribution < -0.4 is 10.5 Å². The standard InChI is InChI=1S/C8H14N4O2S/c1-5(3-13)4-15-8-11-6(9)10-7(12-8)14-2/h5,13H,3-4H2,1-2H3,(H2,9,10,11,12). The molecule has 0 aliphatic carbocycles. The highest BCUT2D eigenvalue weighted by atomic mass is 32.2. The molecule has 0 radical (unpaired) electrons. The van der Waals surface area contributed by atoms with Gasteiger partial charge in [-0.25, -0.2) is 0 Å². The fourth-order valence-electron chi connectivity index (χ4n) is 0.778. The molecule has 0 aromatic carbocycles. The monoisotopic (exact) mass is 230 g/mol. The predicted octanol–water partition coefficient (Wildman–Crippen LogP) is 0.183. The minimum Gasteiger partial charge on any atom is -0.467 e. The highest BCUT2D eigenvalue weighted by Gasteiger charge is 2.07. The molecule has 1 aromatic rings. The minimum atomic E-state index is 0.140. The fourth-order valence-corrected chi connectivity index (χ4v) is 1.62. The molecule has 0 aliphatic heterocycles. The third-order valence-corrected chi connectivity index (χ3v) is 2.78. The second-order valence-electron chi connectivity index (χ2n) is 3.06. The van der Waals surface area contributed by atoms with Crippen LogP contribution in [-0.4, -0.2) is 39.5 Å². The lowest BCUT2D eigenvalue weighted by Gasteiger charge is -2.06. The lowest BCUT2D eigenvalue weighted by molar-refractivity contribution is 0.250. The van der Waals surface area contributed by atoms with Crippen LogP contribution in [0, 0.1) is 5.92 Å². The maximum atomic E-state index is 8.85. The molecule has 7 heteroatoms. The third kappa shape index (κ3) is 3.88. The normalized spacial score (nSPS) is 12.5. The number of thioether (sulfide) groups is 1. The molecule has 3 N–H and O–H groups in total. The van der Waals surface area contributed by atoms with Crippen molar-refractivity contribution in [3.8, 4) is 6.01 Å². The SMILES string of the molecule is COc1nc(N)nc(SCC(C)CO)n1. The number of hydrogen-bond donors (Lipinski definition) is 2. The summed E-state index contributed by atoms with van der Waals surface area (Å²) in [5.74, 6) is 1.06. The van der Waals surface area contributed by atoms with Crippen molar-refractivity contribution in [2.75, 3.05) is 25.2 Å². The average molecular weight is 230 g/mol. The van der Waals surface area contributed by atoms with E-state index in [1.807, 2.05) is 6.92 Å². The molecule has 6 nitrogen and oxygen atoms in total. The summed E-state index contributed by atoms with van der Waals surface area (Å²) in [6.45, 7) is 2.08. The number of nitrogen functional groups attached to an aromatic ring is 1. The van der Waals surface area contributed by atoms with Gasteiger partial charge in [0.25, 0.3) is 0 Å². The van der Waals surface area contributed by atoms with Gasteiger partial charge < -0.3 is 15.6 Å². The first kappa shape index (κ1) is 12.0. The summed E-state index contributed by atoms with van der Waals surface area (Å²) in [4.78, 5) is 11.7. The number of rotatable bonds is 5. The van der Waals surface area contributed by atoms with Gasteiger partial charge in [0.05, 0.1) is 7.11 Å². The minimum absolute atomic E-state index is 0.140. The van der Waals surface area contributed by atoms with E-state index in [0.717, 1.165) is 5.75 Å². The van der Waals surface area contributed by atoms with Crippen LogP contribution in [0.2, 0.25) is 0 Å². The van der Waals surface area contributed by atoms with Crippen molar-refractivity contribution < 1.29 is 9.84 Å². The van der Waals surface area contributed by atoms with Gasteiger partial charge in [0.15, 0.2) is 5.16 Å². The van der Waals surface area contributed by atoms with Gasteiger partial charge in [0, 0.05) is 12.4 Å². The van der Waals surface area contributed by atoms with Crippen LogP contribution in [0.3, 0.4) is 0 Å². The second-order valence-corrected chi connectivity index (χ2v) is 4.05. The largest absolute Gasteiger partial charge is 0.467 e. The zero-order chi connectivity index (χ0) is 11.3. The summed E-state index contributed by atoms with van der Waals surface area (Å²) in [5.41, 5.74) is 5.47. The van der Waals surface area contributed by atoms with Crippen LogP contribution in [0.5, 0.6) is 6.01 Å². The molecular formula is C8H14N4O2S. The first-order valence-corrected chi connectivity index (χ1v) is 5.43. The number of anilines is 1. The van der Waals surface area contributed by atoms with Crippen LogP contribution in [0.1, 0.15) is 6.92 Å². The number of nitrogens with two attached hydrogens (primary N) is 1. The van der Waals surface area contributed by atoms with Gasteiger partial charge in [-0.3, -0.25) is 0 Å². The Bertz CT molecular complexity index is 324. The van der Waals surface area contributed by atoms with Gasteiger partial charge in [0.1, 0.15) is 0 Å². The molecule has 1 rings (SSSR count). The lowest BCUT2D eigenvalue weighted by atomic mass is 10.2. The summed E-state index contributed by atoms with van der Waals surface area (Å²) in [6, 6.07) is 0.210. The van der Waals surface area contributed by atoms with E-state index in [2.05, 4.69) is 15.0 Å². The Morgan fingerprint density at radius 2 is 2.20 bits per heavy atom. The van der Waals surface area contributed by atoms with E-state index in [1.54, 1.807) is 0 Å². The molecule has 84 valence electrons. The van der Waals surface area contributed by atoms with Crippen LogP contribution in [-0.2, 0) is 0 Å². The molecule has 1 heterocycles. The Hall–Kier alpha value is -1.08. The molecule has 0 saturated heterocycles. The zero-order valence-corrected chi connectivity index (χ0v) is 9.49. The van der Waals surface area contributed by atoms with Gasteiger partial charge >= 0.3 is 6.01 Å². The van der Waals surface area contributed by atoms with E-state index in [0.29, 0.717) is 5.16 Å². The zero-order valence-electron chi connectivity index (χ0n) is 8.67. The van der Waals surface area contributed by atoms with Crippen molar-refractivity contribution in [1.29, 1.82) is 0 Å². The fraction of sp³-hybridized carbons (Fsp3) is 0.625. The summed E-state index contributed by atoms with van der Waals surface area (Å²) in [6.07, 6.45) is 0. The Labute approximate surface area is 92.3 Å². The predicted molar refractivity (Wildman–Crippen MR) is 57.8 cm³/mol. The molecule has 1 aromatic heterocycles. The quantitative estimate of drug-likeness (QED) is 0.697. The molecule has 1 unspecified atom stereocenters. The maximum Gasteiger partial charge on any atom is 0.321 e. The number of aromatic nitrogens is 3. The van der Waals surface area contributed by atoms with Crippen molar-refractivity contribution in [3.05, 3.63) is 0 Å². The summed E-state index contributed by atoms with van der Waals surface area (Å²) < 4.78 is 4.86. The number of ether oxygens (including phenoxy) is 1. The van der Waals surface area contributed by atoms with Gasteiger partial charge in [0.2, 0.25) is 5.95 Å². The average Bonchev–Trinajstić information content (AvgIpc) is 2.25. The molecule has 0 spiro atoms. The molecule has 15 heavy (non-hydrogen) atoms. The summed E-state index contributed by atoms with van der Waals surface area (Å²) in [5, 5.41) is 9.37. The Morgan fingerprint density at radius 1 is 1.47 bits per heavy atom. The number of hydrogen-bond acceptors (Lipinski definition) is 7. The van der Waals surface area contributed by atoms with Gasteiger partial charge in [-0.1, -0.05) is 18.7 Å². The molecule has 0 amide bonds. The Kier molecular flexibility index (Phi) is 4.57. The number of aliphatic hydroxyl groups is 1. The molecule has 1 atom stereocenters. The highest BCUT2D eigenvalue weighted by molar-refractivity contribution is 7.99. The molecule has 0 aliphatic rings. The van der Waals surface area contributed by atoms with Crippen molar-refractivity contribution in [3.63, 3.8) is 0 Å².